The van der Waals surface area contributed by atoms with E-state index in [1.165, 1.54) is 0 Å². The van der Waals surface area contributed by atoms with Crippen molar-refractivity contribution in [3.8, 4) is 0 Å². The first-order valence-electron chi connectivity index (χ1n) is 6.03. The Balaban J connectivity index is 4.12. The summed E-state index contributed by atoms with van der Waals surface area (Å²) in [6.45, 7) is 11.8. The fourth-order valence-corrected chi connectivity index (χ4v) is 3.40. The van der Waals surface area contributed by atoms with Crippen molar-refractivity contribution >= 4 is 8.80 Å². The van der Waals surface area contributed by atoms with E-state index in [1.807, 2.05) is 6.55 Å². The van der Waals surface area contributed by atoms with E-state index >= 15 is 0 Å². The molecule has 0 spiro atoms. The van der Waals surface area contributed by atoms with E-state index in [2.05, 4.69) is 27.7 Å². The van der Waals surface area contributed by atoms with E-state index in [9.17, 15) is 0 Å². The van der Waals surface area contributed by atoms with Crippen LogP contribution in [0, 0.1) is 0 Å². The molecule has 0 heterocycles. The van der Waals surface area contributed by atoms with Crippen LogP contribution in [0.1, 0.15) is 47.0 Å². The Kier molecular flexibility index (Phi) is 8.33. The van der Waals surface area contributed by atoms with Crippen molar-refractivity contribution in [2.24, 2.45) is 0 Å². The second-order valence-corrected chi connectivity index (χ2v) is 6.43. The molecule has 3 nitrogen and oxygen atoms in total. The van der Waals surface area contributed by atoms with Gasteiger partial charge in [-0.15, -0.1) is 0 Å². The van der Waals surface area contributed by atoms with Crippen LogP contribution in [-0.4, -0.2) is 28.1 Å². The number of rotatable bonds is 9. The Morgan fingerprint density at radius 2 is 1.47 bits per heavy atom. The van der Waals surface area contributed by atoms with E-state index in [0.29, 0.717) is 0 Å². The van der Waals surface area contributed by atoms with Gasteiger partial charge in [-0.25, -0.2) is 0 Å². The highest BCUT2D eigenvalue weighted by atomic mass is 28.4. The quantitative estimate of drug-likeness (QED) is 0.573. The van der Waals surface area contributed by atoms with E-state index in [-0.39, 0.29) is 6.10 Å². The van der Waals surface area contributed by atoms with Gasteiger partial charge in [0.05, 0.1) is 0 Å². The molecular weight excluding hydrogens is 208 g/mol. The van der Waals surface area contributed by atoms with Gasteiger partial charge in [0.25, 0.3) is 0 Å². The summed E-state index contributed by atoms with van der Waals surface area (Å²) in [7, 11) is -2.38. The Morgan fingerprint density at radius 3 is 1.80 bits per heavy atom. The van der Waals surface area contributed by atoms with Crippen LogP contribution in [0.3, 0.4) is 0 Å². The largest absolute Gasteiger partial charge is 0.497 e. The Bertz CT molecular complexity index is 145. The van der Waals surface area contributed by atoms with Crippen LogP contribution in [0.2, 0.25) is 6.55 Å². The van der Waals surface area contributed by atoms with E-state index in [1.54, 1.807) is 0 Å². The first kappa shape index (κ1) is 15.1. The highest BCUT2D eigenvalue weighted by molar-refractivity contribution is 6.59. The lowest BCUT2D eigenvalue weighted by molar-refractivity contribution is 0.0370. The molecule has 0 aromatic rings. The first-order chi connectivity index (χ1) is 7.08. The molecule has 0 fully saturated rings. The third-order valence-corrected chi connectivity index (χ3v) is 4.41. The summed E-state index contributed by atoms with van der Waals surface area (Å²) in [5.74, 6) is 0. The fraction of sp³-hybridized carbons (Fsp3) is 1.00. The summed E-state index contributed by atoms with van der Waals surface area (Å²) in [5, 5.41) is 0. The van der Waals surface area contributed by atoms with Crippen molar-refractivity contribution in [2.45, 2.75) is 59.6 Å². The zero-order chi connectivity index (χ0) is 11.7. The molecule has 0 aromatic heterocycles. The van der Waals surface area contributed by atoms with Crippen molar-refractivity contribution in [1.82, 2.24) is 0 Å². The molecule has 0 aromatic carbocycles. The van der Waals surface area contributed by atoms with Crippen LogP contribution >= 0.6 is 0 Å². The average molecular weight is 234 g/mol. The molecule has 1 unspecified atom stereocenters. The van der Waals surface area contributed by atoms with E-state index < -0.39 is 8.80 Å². The third kappa shape index (κ3) is 7.06. The average Bonchev–Trinajstić information content (AvgIpc) is 2.23. The molecule has 0 amide bonds. The molecule has 0 aliphatic carbocycles. The van der Waals surface area contributed by atoms with Crippen molar-refractivity contribution < 1.29 is 13.3 Å². The molecule has 0 bridgehead atoms. The van der Waals surface area contributed by atoms with Crippen LogP contribution in [-0.2, 0) is 13.3 Å². The van der Waals surface area contributed by atoms with Crippen LogP contribution in [0.4, 0.5) is 0 Å². The minimum atomic E-state index is -2.38. The predicted molar refractivity (Wildman–Crippen MR) is 64.9 cm³/mol. The molecule has 0 saturated heterocycles. The summed E-state index contributed by atoms with van der Waals surface area (Å²) < 4.78 is 17.4. The lowest BCUT2D eigenvalue weighted by Gasteiger charge is -2.28. The van der Waals surface area contributed by atoms with E-state index in [0.717, 1.165) is 32.5 Å². The van der Waals surface area contributed by atoms with Gasteiger partial charge in [-0.1, -0.05) is 20.8 Å². The second kappa shape index (κ2) is 8.27. The van der Waals surface area contributed by atoms with Crippen molar-refractivity contribution in [1.29, 1.82) is 0 Å². The zero-order valence-corrected chi connectivity index (χ0v) is 11.8. The van der Waals surface area contributed by atoms with E-state index in [4.69, 9.17) is 13.3 Å². The van der Waals surface area contributed by atoms with Gasteiger partial charge in [0.1, 0.15) is 0 Å². The van der Waals surface area contributed by atoms with Gasteiger partial charge in [-0.05, 0) is 26.2 Å². The normalized spacial score (nSPS) is 14.2. The van der Waals surface area contributed by atoms with Gasteiger partial charge >= 0.3 is 8.80 Å². The van der Waals surface area contributed by atoms with Crippen LogP contribution in [0.5, 0.6) is 0 Å². The minimum absolute atomic E-state index is 0.218. The van der Waals surface area contributed by atoms with Crippen LogP contribution in [0.15, 0.2) is 0 Å². The molecule has 0 saturated carbocycles. The van der Waals surface area contributed by atoms with Crippen molar-refractivity contribution in [2.75, 3.05) is 13.2 Å². The minimum Gasteiger partial charge on any atom is -0.374 e. The molecule has 4 heteroatoms. The van der Waals surface area contributed by atoms with Gasteiger partial charge in [0, 0.05) is 25.9 Å². The van der Waals surface area contributed by atoms with Gasteiger partial charge in [0.2, 0.25) is 0 Å². The lowest BCUT2D eigenvalue weighted by Crippen LogP contribution is -2.45. The molecule has 92 valence electrons. The lowest BCUT2D eigenvalue weighted by atomic mass is 10.3. The van der Waals surface area contributed by atoms with Crippen molar-refractivity contribution in [3.63, 3.8) is 0 Å². The summed E-state index contributed by atoms with van der Waals surface area (Å²) in [5.41, 5.74) is 0. The molecular formula is C11H26O3Si. The summed E-state index contributed by atoms with van der Waals surface area (Å²) >= 11 is 0. The maximum Gasteiger partial charge on any atom is 0.497 e. The van der Waals surface area contributed by atoms with Gasteiger partial charge < -0.3 is 13.3 Å². The Labute approximate surface area is 95.5 Å². The van der Waals surface area contributed by atoms with Gasteiger partial charge in [0.15, 0.2) is 0 Å². The first-order valence-corrected chi connectivity index (χ1v) is 8.26. The molecule has 0 radical (unpaired) electrons. The smallest absolute Gasteiger partial charge is 0.374 e. The SMILES string of the molecule is CCCO[Si](C)(OCCC)OC(C)CC. The summed E-state index contributed by atoms with van der Waals surface area (Å²) in [6.07, 6.45) is 3.22. The van der Waals surface area contributed by atoms with Crippen LogP contribution < -0.4 is 0 Å². The molecule has 0 aliphatic rings. The molecule has 1 atom stereocenters. The standard InChI is InChI=1S/C11H26O3Si/c1-6-9-12-15(5,13-10-7-2)14-11(4)8-3/h11H,6-10H2,1-5H3. The van der Waals surface area contributed by atoms with Gasteiger partial charge in [-0.3, -0.25) is 0 Å². The molecule has 0 N–H and O–H groups in total. The summed E-state index contributed by atoms with van der Waals surface area (Å²) in [4.78, 5) is 0. The highest BCUT2D eigenvalue weighted by Gasteiger charge is 2.35. The number of hydrogen-bond acceptors (Lipinski definition) is 3. The molecule has 0 rings (SSSR count). The van der Waals surface area contributed by atoms with Crippen molar-refractivity contribution in [3.05, 3.63) is 0 Å². The summed E-state index contributed by atoms with van der Waals surface area (Å²) in [6, 6.07) is 0. The van der Waals surface area contributed by atoms with Gasteiger partial charge in [-0.2, -0.15) is 0 Å². The Hall–Kier alpha value is 0.0969. The zero-order valence-electron chi connectivity index (χ0n) is 10.8. The molecule has 0 aliphatic heterocycles. The topological polar surface area (TPSA) is 27.7 Å². The third-order valence-electron chi connectivity index (χ3n) is 2.13. The Morgan fingerprint density at radius 1 is 1.00 bits per heavy atom. The fourth-order valence-electron chi connectivity index (χ4n) is 1.13. The highest BCUT2D eigenvalue weighted by Crippen LogP contribution is 2.14. The second-order valence-electron chi connectivity index (χ2n) is 3.90. The monoisotopic (exact) mass is 234 g/mol. The number of hydrogen-bond donors (Lipinski definition) is 0. The van der Waals surface area contributed by atoms with Crippen LogP contribution in [0.25, 0.3) is 0 Å². The maximum atomic E-state index is 5.89. The maximum absolute atomic E-state index is 5.89. The molecule has 15 heavy (non-hydrogen) atoms. The predicted octanol–water partition coefficient (Wildman–Crippen LogP) is 3.22.